The molecule has 0 spiro atoms. The molecule has 2 rings (SSSR count). The number of hydrogen-bond donors (Lipinski definition) is 2. The van der Waals surface area contributed by atoms with Crippen LogP contribution in [0.2, 0.25) is 0 Å². The first-order chi connectivity index (χ1) is 9.60. The van der Waals surface area contributed by atoms with Crippen molar-refractivity contribution in [2.24, 2.45) is 0 Å². The maximum absolute atomic E-state index is 11.9. The van der Waals surface area contributed by atoms with Gasteiger partial charge in [0.1, 0.15) is 11.5 Å². The maximum Gasteiger partial charge on any atom is 0.337 e. The van der Waals surface area contributed by atoms with E-state index < -0.39 is 0 Å². The van der Waals surface area contributed by atoms with E-state index in [1.165, 1.54) is 0 Å². The number of furan rings is 1. The van der Waals surface area contributed by atoms with Gasteiger partial charge in [-0.3, -0.25) is 0 Å². The summed E-state index contributed by atoms with van der Waals surface area (Å²) in [5.41, 5.74) is 1.32. The van der Waals surface area contributed by atoms with Crippen LogP contribution in [0.5, 0.6) is 0 Å². The summed E-state index contributed by atoms with van der Waals surface area (Å²) in [6.07, 6.45) is 1.44. The number of nitrogens with one attached hydrogen (secondary N) is 2. The van der Waals surface area contributed by atoms with Gasteiger partial charge in [0.25, 0.3) is 0 Å². The van der Waals surface area contributed by atoms with Gasteiger partial charge in [-0.15, -0.1) is 0 Å². The molecule has 20 heavy (non-hydrogen) atoms. The second-order valence-electron chi connectivity index (χ2n) is 4.52. The Labute approximate surface area is 123 Å². The van der Waals surface area contributed by atoms with Crippen molar-refractivity contribution >= 4 is 23.3 Å². The number of carbonyl (C=O) groups excluding carboxylic acids is 1. The van der Waals surface area contributed by atoms with Gasteiger partial charge >= 0.3 is 5.97 Å². The van der Waals surface area contributed by atoms with Gasteiger partial charge in [-0.25, -0.2) is 4.79 Å². The summed E-state index contributed by atoms with van der Waals surface area (Å²) in [5.74, 6) is 1.45. The van der Waals surface area contributed by atoms with Gasteiger partial charge in [0.05, 0.1) is 18.7 Å². The molecule has 1 aromatic rings. The van der Waals surface area contributed by atoms with E-state index in [4.69, 9.17) is 21.4 Å². The zero-order chi connectivity index (χ0) is 14.5. The van der Waals surface area contributed by atoms with E-state index in [9.17, 15) is 4.79 Å². The smallest absolute Gasteiger partial charge is 0.337 e. The maximum atomic E-state index is 11.9. The molecular formula is C14H18N2O3S. The molecule has 0 amide bonds. The number of rotatable bonds is 5. The number of thiocarbonyl (C=S) groups is 1. The minimum Gasteiger partial charge on any atom is -0.466 e. The molecule has 5 nitrogen and oxygen atoms in total. The van der Waals surface area contributed by atoms with Crippen molar-refractivity contribution in [2.45, 2.75) is 26.7 Å². The number of allylic oxidation sites excluding steroid dienone is 1. The molecule has 0 saturated heterocycles. The molecule has 0 bridgehead atoms. The second-order valence-corrected chi connectivity index (χ2v) is 4.93. The lowest BCUT2D eigenvalue weighted by atomic mass is 10.2. The predicted molar refractivity (Wildman–Crippen MR) is 79.2 cm³/mol. The SMILES string of the molecule is CCc1ccc(CCOC(=O)C2=C(C)NC(=S)NC2)o1. The van der Waals surface area contributed by atoms with Crippen molar-refractivity contribution in [3.8, 4) is 0 Å². The highest BCUT2D eigenvalue weighted by Crippen LogP contribution is 2.10. The molecule has 6 heteroatoms. The monoisotopic (exact) mass is 294 g/mol. The fourth-order valence-electron chi connectivity index (χ4n) is 1.89. The summed E-state index contributed by atoms with van der Waals surface area (Å²) in [6.45, 7) is 4.54. The highest BCUT2D eigenvalue weighted by atomic mass is 32.1. The molecule has 0 aromatic carbocycles. The standard InChI is InChI=1S/C14H18N2O3S/c1-3-10-4-5-11(19-10)6-7-18-13(17)12-8-15-14(20)16-9(12)2/h4-5H,3,6-8H2,1-2H3,(H2,15,16,20). The third-order valence-electron chi connectivity index (χ3n) is 3.07. The van der Waals surface area contributed by atoms with E-state index in [0.29, 0.717) is 30.3 Å². The quantitative estimate of drug-likeness (QED) is 0.636. The molecule has 0 aliphatic carbocycles. The molecule has 2 heterocycles. The van der Waals surface area contributed by atoms with Crippen LogP contribution in [0.3, 0.4) is 0 Å². The lowest BCUT2D eigenvalue weighted by Crippen LogP contribution is -2.43. The molecule has 108 valence electrons. The van der Waals surface area contributed by atoms with Crippen molar-refractivity contribution in [2.75, 3.05) is 13.2 Å². The molecule has 0 atom stereocenters. The summed E-state index contributed by atoms with van der Waals surface area (Å²) in [7, 11) is 0. The van der Waals surface area contributed by atoms with E-state index in [2.05, 4.69) is 10.6 Å². The van der Waals surface area contributed by atoms with Gasteiger partial charge in [0.15, 0.2) is 5.11 Å². The first-order valence-electron chi connectivity index (χ1n) is 6.59. The summed E-state index contributed by atoms with van der Waals surface area (Å²) in [6, 6.07) is 3.86. The lowest BCUT2D eigenvalue weighted by molar-refractivity contribution is -0.139. The van der Waals surface area contributed by atoms with Crippen LogP contribution in [0.1, 0.15) is 25.4 Å². The van der Waals surface area contributed by atoms with Gasteiger partial charge in [0, 0.05) is 18.5 Å². The van der Waals surface area contributed by atoms with Crippen molar-refractivity contribution in [1.82, 2.24) is 10.6 Å². The van der Waals surface area contributed by atoms with Crippen molar-refractivity contribution in [1.29, 1.82) is 0 Å². The summed E-state index contributed by atoms with van der Waals surface area (Å²) in [4.78, 5) is 11.9. The molecule has 1 aromatic heterocycles. The Balaban J connectivity index is 1.83. The van der Waals surface area contributed by atoms with E-state index in [1.54, 1.807) is 0 Å². The van der Waals surface area contributed by atoms with E-state index in [1.807, 2.05) is 26.0 Å². The summed E-state index contributed by atoms with van der Waals surface area (Å²) >= 11 is 4.97. The zero-order valence-corrected chi connectivity index (χ0v) is 12.4. The second kappa shape index (κ2) is 6.56. The van der Waals surface area contributed by atoms with Crippen LogP contribution in [0.25, 0.3) is 0 Å². The molecule has 0 unspecified atom stereocenters. The van der Waals surface area contributed by atoms with Crippen LogP contribution < -0.4 is 10.6 Å². The lowest BCUT2D eigenvalue weighted by Gasteiger charge is -2.20. The van der Waals surface area contributed by atoms with Crippen LogP contribution >= 0.6 is 12.2 Å². The molecule has 1 aliphatic heterocycles. The van der Waals surface area contributed by atoms with Crippen LogP contribution in [0.15, 0.2) is 27.8 Å². The van der Waals surface area contributed by atoms with Gasteiger partial charge in [0.2, 0.25) is 0 Å². The third-order valence-corrected chi connectivity index (χ3v) is 3.32. The van der Waals surface area contributed by atoms with E-state index >= 15 is 0 Å². The Morgan fingerprint density at radius 3 is 2.85 bits per heavy atom. The average molecular weight is 294 g/mol. The Bertz CT molecular complexity index is 548. The highest BCUT2D eigenvalue weighted by molar-refractivity contribution is 7.80. The van der Waals surface area contributed by atoms with Crippen molar-refractivity contribution in [3.05, 3.63) is 34.9 Å². The zero-order valence-electron chi connectivity index (χ0n) is 11.6. The van der Waals surface area contributed by atoms with Crippen molar-refractivity contribution in [3.63, 3.8) is 0 Å². The summed E-state index contributed by atoms with van der Waals surface area (Å²) < 4.78 is 10.8. The van der Waals surface area contributed by atoms with Crippen LogP contribution in [-0.2, 0) is 22.4 Å². The fraction of sp³-hybridized carbons (Fsp3) is 0.429. The number of esters is 1. The van der Waals surface area contributed by atoms with Crippen molar-refractivity contribution < 1.29 is 13.9 Å². The van der Waals surface area contributed by atoms with E-state index in [0.717, 1.165) is 23.6 Å². The normalized spacial score (nSPS) is 14.8. The Kier molecular flexibility index (Phi) is 4.79. The molecule has 0 fully saturated rings. The number of aryl methyl sites for hydroxylation is 1. The Morgan fingerprint density at radius 1 is 1.45 bits per heavy atom. The Morgan fingerprint density at radius 2 is 2.20 bits per heavy atom. The largest absolute Gasteiger partial charge is 0.466 e. The number of ether oxygens (including phenoxy) is 1. The Hall–Kier alpha value is -1.82. The topological polar surface area (TPSA) is 63.5 Å². The number of hydrogen-bond acceptors (Lipinski definition) is 4. The average Bonchev–Trinajstić information content (AvgIpc) is 2.86. The molecule has 2 N–H and O–H groups in total. The summed E-state index contributed by atoms with van der Waals surface area (Å²) in [5, 5.41) is 6.34. The third kappa shape index (κ3) is 3.60. The van der Waals surface area contributed by atoms with Gasteiger partial charge in [-0.2, -0.15) is 0 Å². The molecule has 0 radical (unpaired) electrons. The van der Waals surface area contributed by atoms with Crippen LogP contribution in [-0.4, -0.2) is 24.2 Å². The molecular weight excluding hydrogens is 276 g/mol. The van der Waals surface area contributed by atoms with Gasteiger partial charge in [-0.05, 0) is 31.3 Å². The van der Waals surface area contributed by atoms with Crippen LogP contribution in [0, 0.1) is 0 Å². The van der Waals surface area contributed by atoms with Gasteiger partial charge < -0.3 is 19.8 Å². The first-order valence-corrected chi connectivity index (χ1v) is 7.00. The fourth-order valence-corrected chi connectivity index (χ4v) is 2.12. The minimum atomic E-state index is -0.327. The minimum absolute atomic E-state index is 0.302. The highest BCUT2D eigenvalue weighted by Gasteiger charge is 2.19. The molecule has 0 saturated carbocycles. The predicted octanol–water partition coefficient (Wildman–Crippen LogP) is 1.68. The van der Waals surface area contributed by atoms with Crippen LogP contribution in [0.4, 0.5) is 0 Å². The molecule has 1 aliphatic rings. The first kappa shape index (κ1) is 14.6. The van der Waals surface area contributed by atoms with Gasteiger partial charge in [-0.1, -0.05) is 6.92 Å². The van der Waals surface area contributed by atoms with E-state index in [-0.39, 0.29) is 5.97 Å². The number of carbonyl (C=O) groups is 1.